The fourth-order valence-corrected chi connectivity index (χ4v) is 3.97. The van der Waals surface area contributed by atoms with Crippen LogP contribution in [0.5, 0.6) is 11.5 Å². The summed E-state index contributed by atoms with van der Waals surface area (Å²) in [5, 5.41) is 2.87. The predicted molar refractivity (Wildman–Crippen MR) is 94.1 cm³/mol. The van der Waals surface area contributed by atoms with Crippen molar-refractivity contribution in [3.05, 3.63) is 53.1 Å². The Morgan fingerprint density at radius 3 is 2.96 bits per heavy atom. The van der Waals surface area contributed by atoms with Crippen LogP contribution < -0.4 is 14.8 Å². The van der Waals surface area contributed by atoms with Crippen LogP contribution in [0.2, 0.25) is 0 Å². The predicted octanol–water partition coefficient (Wildman–Crippen LogP) is 2.38. The third-order valence-corrected chi connectivity index (χ3v) is 5.22. The fourth-order valence-electron chi connectivity index (χ4n) is 3.97. The Morgan fingerprint density at radius 2 is 2.04 bits per heavy atom. The van der Waals surface area contributed by atoms with Crippen LogP contribution in [0.1, 0.15) is 16.7 Å². The van der Waals surface area contributed by atoms with Crippen molar-refractivity contribution in [2.24, 2.45) is 0 Å². The quantitative estimate of drug-likeness (QED) is 0.915. The molecule has 0 bridgehead atoms. The van der Waals surface area contributed by atoms with E-state index >= 15 is 0 Å². The zero-order chi connectivity index (χ0) is 16.8. The lowest BCUT2D eigenvalue weighted by Gasteiger charge is -2.34. The van der Waals surface area contributed by atoms with Crippen LogP contribution in [0, 0.1) is 0 Å². The number of nitrogens with zero attached hydrogens (tertiary/aromatic N) is 1. The number of carbonyl (C=O) groups is 1. The molecule has 3 aliphatic heterocycles. The molecule has 0 saturated carbocycles. The van der Waals surface area contributed by atoms with Gasteiger partial charge in [-0.15, -0.1) is 0 Å². The van der Waals surface area contributed by atoms with Crippen molar-refractivity contribution in [1.29, 1.82) is 0 Å². The van der Waals surface area contributed by atoms with Gasteiger partial charge in [0.15, 0.2) is 11.5 Å². The number of hydrogen-bond acceptors (Lipinski definition) is 4. The van der Waals surface area contributed by atoms with Crippen LogP contribution in [0.3, 0.4) is 0 Å². The van der Waals surface area contributed by atoms with E-state index in [2.05, 4.69) is 34.5 Å². The fraction of sp³-hybridized carbons (Fsp3) is 0.350. The number of fused-ring (bicyclic) bond motifs is 4. The standard InChI is InChI=1S/C20H20N2O3/c23-19-9-16-17(21-19)5-6-18-20(16)25-15(12-24-18)11-22-8-7-13-3-1-2-4-14(13)10-22/h1-6,15H,7-12H2,(H,21,23). The van der Waals surface area contributed by atoms with Crippen LogP contribution >= 0.6 is 0 Å². The minimum atomic E-state index is -0.0139. The summed E-state index contributed by atoms with van der Waals surface area (Å²) < 4.78 is 12.2. The number of benzene rings is 2. The summed E-state index contributed by atoms with van der Waals surface area (Å²) in [7, 11) is 0. The van der Waals surface area contributed by atoms with Gasteiger partial charge in [-0.1, -0.05) is 24.3 Å². The van der Waals surface area contributed by atoms with Gasteiger partial charge in [-0.25, -0.2) is 0 Å². The van der Waals surface area contributed by atoms with Crippen LogP contribution in [0.4, 0.5) is 5.69 Å². The molecule has 0 aromatic heterocycles. The van der Waals surface area contributed by atoms with Crippen LogP contribution in [-0.2, 0) is 24.2 Å². The van der Waals surface area contributed by atoms with E-state index in [9.17, 15) is 4.79 Å². The van der Waals surface area contributed by atoms with Gasteiger partial charge in [-0.05, 0) is 29.7 Å². The van der Waals surface area contributed by atoms with Crippen LogP contribution in [-0.4, -0.2) is 36.6 Å². The van der Waals surface area contributed by atoms with Crippen LogP contribution in [0.15, 0.2) is 36.4 Å². The molecule has 25 heavy (non-hydrogen) atoms. The van der Waals surface area contributed by atoms with Gasteiger partial charge in [0.1, 0.15) is 12.7 Å². The molecule has 5 nitrogen and oxygen atoms in total. The number of hydrogen-bond donors (Lipinski definition) is 1. The van der Waals surface area contributed by atoms with E-state index in [0.29, 0.717) is 13.0 Å². The zero-order valence-electron chi connectivity index (χ0n) is 14.0. The molecule has 5 rings (SSSR count). The van der Waals surface area contributed by atoms with Gasteiger partial charge >= 0.3 is 0 Å². The molecular weight excluding hydrogens is 316 g/mol. The lowest BCUT2D eigenvalue weighted by atomic mass is 10.00. The molecule has 0 radical (unpaired) electrons. The number of ether oxygens (including phenoxy) is 2. The van der Waals surface area contributed by atoms with E-state index in [0.717, 1.165) is 48.8 Å². The molecule has 1 atom stereocenters. The highest BCUT2D eigenvalue weighted by atomic mass is 16.6. The monoisotopic (exact) mass is 336 g/mol. The molecule has 0 fully saturated rings. The van der Waals surface area contributed by atoms with Gasteiger partial charge in [-0.3, -0.25) is 9.69 Å². The highest BCUT2D eigenvalue weighted by Gasteiger charge is 2.31. The third kappa shape index (κ3) is 2.65. The van der Waals surface area contributed by atoms with E-state index in [1.165, 1.54) is 11.1 Å². The van der Waals surface area contributed by atoms with Crippen molar-refractivity contribution in [1.82, 2.24) is 4.90 Å². The van der Waals surface area contributed by atoms with E-state index < -0.39 is 0 Å². The summed E-state index contributed by atoms with van der Waals surface area (Å²) >= 11 is 0. The van der Waals surface area contributed by atoms with Crippen molar-refractivity contribution in [3.8, 4) is 11.5 Å². The average molecular weight is 336 g/mol. The highest BCUT2D eigenvalue weighted by Crippen LogP contribution is 2.42. The van der Waals surface area contributed by atoms with Crippen molar-refractivity contribution in [3.63, 3.8) is 0 Å². The van der Waals surface area contributed by atoms with Gasteiger partial charge in [0.2, 0.25) is 5.91 Å². The Balaban J connectivity index is 1.32. The Labute approximate surface area is 146 Å². The van der Waals surface area contributed by atoms with Crippen LogP contribution in [0.25, 0.3) is 0 Å². The summed E-state index contributed by atoms with van der Waals surface area (Å²) in [4.78, 5) is 14.1. The largest absolute Gasteiger partial charge is 0.486 e. The Bertz CT molecular complexity index is 849. The average Bonchev–Trinajstić information content (AvgIpc) is 3.02. The molecule has 3 aliphatic rings. The Hall–Kier alpha value is -2.53. The Morgan fingerprint density at radius 1 is 1.16 bits per heavy atom. The maximum Gasteiger partial charge on any atom is 0.229 e. The second kappa shape index (κ2) is 5.77. The molecule has 1 amide bonds. The minimum Gasteiger partial charge on any atom is -0.486 e. The molecule has 0 saturated heterocycles. The molecule has 1 N–H and O–H groups in total. The van der Waals surface area contributed by atoms with Gasteiger partial charge in [0.25, 0.3) is 0 Å². The lowest BCUT2D eigenvalue weighted by molar-refractivity contribution is -0.115. The summed E-state index contributed by atoms with van der Waals surface area (Å²) in [5.74, 6) is 1.50. The molecule has 2 aromatic carbocycles. The highest BCUT2D eigenvalue weighted by molar-refractivity contribution is 6.00. The molecular formula is C20H20N2O3. The summed E-state index contributed by atoms with van der Waals surface area (Å²) in [6, 6.07) is 12.4. The zero-order valence-corrected chi connectivity index (χ0v) is 14.0. The van der Waals surface area contributed by atoms with E-state index in [1.54, 1.807) is 0 Å². The molecule has 3 heterocycles. The van der Waals surface area contributed by atoms with Gasteiger partial charge in [0, 0.05) is 30.9 Å². The minimum absolute atomic E-state index is 0.0139. The molecule has 1 unspecified atom stereocenters. The first-order chi connectivity index (χ1) is 12.3. The number of anilines is 1. The molecule has 128 valence electrons. The van der Waals surface area contributed by atoms with Crippen molar-refractivity contribution in [2.75, 3.05) is 25.0 Å². The summed E-state index contributed by atoms with van der Waals surface area (Å²) in [6.07, 6.45) is 1.43. The van der Waals surface area contributed by atoms with Crippen molar-refractivity contribution >= 4 is 11.6 Å². The van der Waals surface area contributed by atoms with Gasteiger partial charge in [0.05, 0.1) is 6.42 Å². The first kappa shape index (κ1) is 14.8. The molecule has 0 aliphatic carbocycles. The summed E-state index contributed by atoms with van der Waals surface area (Å²) in [6.45, 7) is 3.37. The lowest BCUT2D eigenvalue weighted by Crippen LogP contribution is -2.43. The van der Waals surface area contributed by atoms with Gasteiger partial charge in [-0.2, -0.15) is 0 Å². The molecule has 0 spiro atoms. The maximum absolute atomic E-state index is 11.7. The molecule has 5 heteroatoms. The number of amides is 1. The second-order valence-electron chi connectivity index (χ2n) is 6.95. The van der Waals surface area contributed by atoms with Crippen molar-refractivity contribution < 1.29 is 14.3 Å². The second-order valence-corrected chi connectivity index (χ2v) is 6.95. The normalized spacial score (nSPS) is 21.4. The van der Waals surface area contributed by atoms with E-state index in [-0.39, 0.29) is 12.0 Å². The Kier molecular flexibility index (Phi) is 3.41. The first-order valence-corrected chi connectivity index (χ1v) is 8.80. The topological polar surface area (TPSA) is 50.8 Å². The smallest absolute Gasteiger partial charge is 0.229 e. The third-order valence-electron chi connectivity index (χ3n) is 5.22. The first-order valence-electron chi connectivity index (χ1n) is 8.80. The van der Waals surface area contributed by atoms with Gasteiger partial charge < -0.3 is 14.8 Å². The number of rotatable bonds is 2. The van der Waals surface area contributed by atoms with E-state index in [1.807, 2.05) is 12.1 Å². The van der Waals surface area contributed by atoms with Crippen molar-refractivity contribution in [2.45, 2.75) is 25.5 Å². The molecule has 2 aromatic rings. The maximum atomic E-state index is 11.7. The summed E-state index contributed by atoms with van der Waals surface area (Å²) in [5.41, 5.74) is 4.63. The SMILES string of the molecule is O=C1Cc2c(ccc3c2OC(CN2CCc4ccccc4C2)CO3)N1. The number of carbonyl (C=O) groups excluding carboxylic acids is 1. The van der Waals surface area contributed by atoms with E-state index in [4.69, 9.17) is 9.47 Å². The number of nitrogens with one attached hydrogen (secondary N) is 1.